The maximum atomic E-state index is 13.3. The lowest BCUT2D eigenvalue weighted by molar-refractivity contribution is -0.127. The monoisotopic (exact) mass is 664 g/mol. The van der Waals surface area contributed by atoms with Crippen LogP contribution in [-0.2, 0) is 4.79 Å². The minimum absolute atomic E-state index is 0.101. The van der Waals surface area contributed by atoms with Crippen molar-refractivity contribution in [2.24, 2.45) is 0 Å². The Labute approximate surface area is 284 Å². The number of nitrogens with one attached hydrogen (secondary N) is 2. The van der Waals surface area contributed by atoms with Crippen molar-refractivity contribution < 1.29 is 19.2 Å². The van der Waals surface area contributed by atoms with Crippen molar-refractivity contribution in [3.05, 3.63) is 107 Å². The van der Waals surface area contributed by atoms with Gasteiger partial charge < -0.3 is 26.2 Å². The van der Waals surface area contributed by atoms with Crippen LogP contribution >= 0.6 is 11.6 Å². The second kappa shape index (κ2) is 14.7. The normalized spacial score (nSPS) is 15.9. The minimum Gasteiger partial charge on any atom is -0.383 e. The highest BCUT2D eigenvalue weighted by Crippen LogP contribution is 2.28. The van der Waals surface area contributed by atoms with Gasteiger partial charge in [0.2, 0.25) is 5.91 Å². The third kappa shape index (κ3) is 7.50. The van der Waals surface area contributed by atoms with Gasteiger partial charge in [-0.3, -0.25) is 19.2 Å². The fourth-order valence-corrected chi connectivity index (χ4v) is 6.38. The fraction of sp³-hybridized carbons (Fsp3) is 0.270. The summed E-state index contributed by atoms with van der Waals surface area (Å²) < 4.78 is 0. The van der Waals surface area contributed by atoms with Crippen LogP contribution in [0.15, 0.2) is 85.1 Å². The molecule has 3 heterocycles. The van der Waals surface area contributed by atoms with E-state index in [0.29, 0.717) is 67.2 Å². The van der Waals surface area contributed by atoms with Gasteiger partial charge in [0.05, 0.1) is 5.56 Å². The number of hydrogen-bond donors (Lipinski definition) is 3. The van der Waals surface area contributed by atoms with E-state index in [-0.39, 0.29) is 41.1 Å². The molecule has 11 heteroatoms. The van der Waals surface area contributed by atoms with Crippen LogP contribution in [0.2, 0.25) is 5.02 Å². The molecule has 1 atom stereocenters. The van der Waals surface area contributed by atoms with E-state index in [1.807, 2.05) is 41.3 Å². The first kappa shape index (κ1) is 32.7. The van der Waals surface area contributed by atoms with Gasteiger partial charge in [-0.15, -0.1) is 0 Å². The van der Waals surface area contributed by atoms with Crippen molar-refractivity contribution in [3.8, 4) is 22.3 Å². The summed E-state index contributed by atoms with van der Waals surface area (Å²) >= 11 is 6.33. The summed E-state index contributed by atoms with van der Waals surface area (Å²) in [5, 5.41) is 6.57. The fourth-order valence-electron chi connectivity index (χ4n) is 6.14. The van der Waals surface area contributed by atoms with E-state index in [4.69, 9.17) is 17.3 Å². The highest BCUT2D eigenvalue weighted by atomic mass is 35.5. The van der Waals surface area contributed by atoms with E-state index in [1.165, 1.54) is 0 Å². The Hall–Kier alpha value is -5.22. The van der Waals surface area contributed by atoms with Crippen molar-refractivity contribution in [2.75, 3.05) is 38.5 Å². The van der Waals surface area contributed by atoms with Crippen LogP contribution in [0.5, 0.6) is 0 Å². The van der Waals surface area contributed by atoms with Gasteiger partial charge in [0.1, 0.15) is 5.82 Å². The Morgan fingerprint density at radius 2 is 1.62 bits per heavy atom. The molecule has 2 saturated heterocycles. The van der Waals surface area contributed by atoms with Gasteiger partial charge in [0.25, 0.3) is 17.7 Å². The highest BCUT2D eigenvalue weighted by Gasteiger charge is 2.29. The summed E-state index contributed by atoms with van der Waals surface area (Å²) in [6.45, 7) is 2.82. The average molecular weight is 665 g/mol. The van der Waals surface area contributed by atoms with Crippen molar-refractivity contribution in [1.82, 2.24) is 25.4 Å². The zero-order chi connectivity index (χ0) is 33.6. The zero-order valence-corrected chi connectivity index (χ0v) is 27.2. The number of nitrogen functional groups attached to an aromatic ring is 1. The topological polar surface area (TPSA) is 138 Å². The number of amides is 4. The molecular weight excluding hydrogens is 628 g/mol. The second-order valence-corrected chi connectivity index (χ2v) is 12.5. The third-order valence-corrected chi connectivity index (χ3v) is 9.16. The number of rotatable bonds is 10. The standard InChI is InChI=1S/C37H37ClN6O4/c38-32-6-2-1-5-30(32)25-10-14-27(15-11-25)37(48)44-20-16-29(23-44)42-36(47)31-21-28(22-41-34(31)39)24-8-12-26(13-9-24)35(46)40-17-4-19-43-18-3-7-33(43)45/h1-2,5-6,8-15,21-22,29H,3-4,7,16-20,23H2,(H2,39,41)(H,40,46)(H,42,47)/t29-/m1/s1. The number of hydrogen-bond acceptors (Lipinski definition) is 6. The zero-order valence-electron chi connectivity index (χ0n) is 26.5. The predicted molar refractivity (Wildman–Crippen MR) is 186 cm³/mol. The first-order chi connectivity index (χ1) is 23.3. The number of likely N-dealkylation sites (tertiary alicyclic amines) is 2. The predicted octanol–water partition coefficient (Wildman–Crippen LogP) is 5.04. The molecule has 0 bridgehead atoms. The molecule has 0 saturated carbocycles. The average Bonchev–Trinajstić information content (AvgIpc) is 3.75. The van der Waals surface area contributed by atoms with Crippen molar-refractivity contribution in [2.45, 2.75) is 31.7 Å². The number of aromatic nitrogens is 1. The van der Waals surface area contributed by atoms with E-state index in [1.54, 1.807) is 53.6 Å². The molecule has 0 spiro atoms. The van der Waals surface area contributed by atoms with E-state index in [2.05, 4.69) is 15.6 Å². The quantitative estimate of drug-likeness (QED) is 0.203. The van der Waals surface area contributed by atoms with Crippen LogP contribution in [0.3, 0.4) is 0 Å². The van der Waals surface area contributed by atoms with E-state index in [9.17, 15) is 19.2 Å². The molecule has 0 radical (unpaired) electrons. The molecule has 10 nitrogen and oxygen atoms in total. The third-order valence-electron chi connectivity index (χ3n) is 8.83. The minimum atomic E-state index is -0.364. The summed E-state index contributed by atoms with van der Waals surface area (Å²) in [6, 6.07) is 23.4. The van der Waals surface area contributed by atoms with Crippen LogP contribution in [-0.4, -0.2) is 77.2 Å². The summed E-state index contributed by atoms with van der Waals surface area (Å²) in [4.78, 5) is 58.7. The van der Waals surface area contributed by atoms with Gasteiger partial charge in [-0.05, 0) is 66.8 Å². The van der Waals surface area contributed by atoms with Crippen LogP contribution in [0.4, 0.5) is 5.82 Å². The lowest BCUT2D eigenvalue weighted by Gasteiger charge is -2.18. The maximum Gasteiger partial charge on any atom is 0.255 e. The molecule has 4 N–H and O–H groups in total. The number of pyridine rings is 1. The smallest absolute Gasteiger partial charge is 0.255 e. The Bertz CT molecular complexity index is 1830. The van der Waals surface area contributed by atoms with Crippen LogP contribution in [0, 0.1) is 0 Å². The molecule has 2 aliphatic rings. The SMILES string of the molecule is Nc1ncc(-c2ccc(C(=O)NCCCN3CCCC3=O)cc2)cc1C(=O)N[C@@H]1CCN(C(=O)c2ccc(-c3ccccc3Cl)cc2)C1. The number of carbonyl (C=O) groups excluding carboxylic acids is 4. The Kier molecular flexibility index (Phi) is 10.0. The molecule has 4 amide bonds. The van der Waals surface area contributed by atoms with Crippen LogP contribution in [0.25, 0.3) is 22.3 Å². The number of carbonyl (C=O) groups is 4. The van der Waals surface area contributed by atoms with Crippen LogP contribution < -0.4 is 16.4 Å². The number of nitrogens with zero attached hydrogens (tertiary/aromatic N) is 3. The van der Waals surface area contributed by atoms with Gasteiger partial charge in [0, 0.05) is 78.7 Å². The number of nitrogens with two attached hydrogens (primary N) is 1. The Morgan fingerprint density at radius 3 is 2.35 bits per heavy atom. The van der Waals surface area contributed by atoms with Crippen molar-refractivity contribution in [1.29, 1.82) is 0 Å². The Morgan fingerprint density at radius 1 is 0.896 bits per heavy atom. The molecular formula is C37H37ClN6O4. The second-order valence-electron chi connectivity index (χ2n) is 12.1. The maximum absolute atomic E-state index is 13.3. The molecule has 3 aromatic carbocycles. The molecule has 0 aliphatic carbocycles. The van der Waals surface area contributed by atoms with Gasteiger partial charge in [0.15, 0.2) is 0 Å². The molecule has 2 aliphatic heterocycles. The molecule has 0 unspecified atom stereocenters. The van der Waals surface area contributed by atoms with E-state index >= 15 is 0 Å². The van der Waals surface area contributed by atoms with Crippen LogP contribution in [0.1, 0.15) is 56.8 Å². The first-order valence-electron chi connectivity index (χ1n) is 16.1. The summed E-state index contributed by atoms with van der Waals surface area (Å²) in [5.41, 5.74) is 10.7. The number of halogens is 1. The lowest BCUT2D eigenvalue weighted by Crippen LogP contribution is -2.38. The van der Waals surface area contributed by atoms with Gasteiger partial charge in [-0.25, -0.2) is 4.98 Å². The Balaban J connectivity index is 1.02. The summed E-state index contributed by atoms with van der Waals surface area (Å²) in [6.07, 6.45) is 4.42. The molecule has 6 rings (SSSR count). The van der Waals surface area contributed by atoms with E-state index < -0.39 is 0 Å². The molecule has 4 aromatic rings. The van der Waals surface area contributed by atoms with Crippen molar-refractivity contribution in [3.63, 3.8) is 0 Å². The number of anilines is 1. The summed E-state index contributed by atoms with van der Waals surface area (Å²) in [5.74, 6) is -0.371. The summed E-state index contributed by atoms with van der Waals surface area (Å²) in [7, 11) is 0. The van der Waals surface area contributed by atoms with Gasteiger partial charge in [-0.2, -0.15) is 0 Å². The molecule has 2 fully saturated rings. The van der Waals surface area contributed by atoms with Gasteiger partial charge >= 0.3 is 0 Å². The molecule has 246 valence electrons. The number of benzene rings is 3. The lowest BCUT2D eigenvalue weighted by atomic mass is 10.0. The van der Waals surface area contributed by atoms with Crippen molar-refractivity contribution >= 4 is 41.0 Å². The molecule has 48 heavy (non-hydrogen) atoms. The first-order valence-corrected chi connectivity index (χ1v) is 16.5. The van der Waals surface area contributed by atoms with E-state index in [0.717, 1.165) is 29.7 Å². The highest BCUT2D eigenvalue weighted by molar-refractivity contribution is 6.33. The molecule has 1 aromatic heterocycles. The van der Waals surface area contributed by atoms with Gasteiger partial charge in [-0.1, -0.05) is 54.1 Å². The largest absolute Gasteiger partial charge is 0.383 e.